The number of anilines is 1. The number of nitrogens with one attached hydrogen (secondary N) is 1. The van der Waals surface area contributed by atoms with Crippen LogP contribution >= 0.6 is 0 Å². The minimum atomic E-state index is 0.412. The van der Waals surface area contributed by atoms with Gasteiger partial charge in [0.05, 0.1) is 0 Å². The highest BCUT2D eigenvalue weighted by atomic mass is 14.9. The van der Waals surface area contributed by atoms with E-state index in [1.165, 1.54) is 11.1 Å². The van der Waals surface area contributed by atoms with Crippen molar-refractivity contribution in [3.63, 3.8) is 0 Å². The van der Waals surface area contributed by atoms with Crippen molar-refractivity contribution in [3.05, 3.63) is 29.3 Å². The van der Waals surface area contributed by atoms with Crippen LogP contribution < -0.4 is 11.1 Å². The maximum atomic E-state index is 5.89. The van der Waals surface area contributed by atoms with Crippen molar-refractivity contribution in [2.24, 2.45) is 0 Å². The van der Waals surface area contributed by atoms with Gasteiger partial charge in [0.2, 0.25) is 0 Å². The van der Waals surface area contributed by atoms with Crippen molar-refractivity contribution in [2.45, 2.75) is 19.4 Å². The largest absolute Gasteiger partial charge is 0.398 e. The first-order chi connectivity index (χ1) is 5.79. The lowest BCUT2D eigenvalue weighted by Crippen LogP contribution is -2.28. The molecule has 0 saturated carbocycles. The minimum Gasteiger partial charge on any atom is -0.398 e. The first-order valence-corrected chi connectivity index (χ1v) is 4.39. The highest BCUT2D eigenvalue weighted by Gasteiger charge is 2.16. The summed E-state index contributed by atoms with van der Waals surface area (Å²) in [4.78, 5) is 0. The summed E-state index contributed by atoms with van der Waals surface area (Å²) in [6.07, 6.45) is 1.10. The summed E-state index contributed by atoms with van der Waals surface area (Å²) in [5.74, 6) is 0. The Hall–Kier alpha value is -1.02. The minimum absolute atomic E-state index is 0.412. The lowest BCUT2D eigenvalue weighted by atomic mass is 9.94. The molecule has 0 saturated heterocycles. The maximum absolute atomic E-state index is 5.89. The standard InChI is InChI=1S/C10H14N2/c1-7-10-8(5-6-12-7)3-2-4-9(10)11/h2-4,7,12H,5-6,11H2,1H3. The third-order valence-electron chi connectivity index (χ3n) is 2.51. The molecular formula is C10H14N2. The van der Waals surface area contributed by atoms with Crippen LogP contribution in [0.3, 0.4) is 0 Å². The normalized spacial score (nSPS) is 21.9. The predicted molar refractivity (Wildman–Crippen MR) is 51.0 cm³/mol. The van der Waals surface area contributed by atoms with Crippen LogP contribution in [0.25, 0.3) is 0 Å². The first-order valence-electron chi connectivity index (χ1n) is 4.39. The first kappa shape index (κ1) is 7.62. The van der Waals surface area contributed by atoms with Crippen LogP contribution in [0.5, 0.6) is 0 Å². The Morgan fingerprint density at radius 1 is 1.50 bits per heavy atom. The molecule has 0 fully saturated rings. The van der Waals surface area contributed by atoms with Crippen molar-refractivity contribution in [1.29, 1.82) is 0 Å². The zero-order valence-electron chi connectivity index (χ0n) is 7.30. The smallest absolute Gasteiger partial charge is 0.0365 e. The van der Waals surface area contributed by atoms with E-state index in [4.69, 9.17) is 5.73 Å². The molecule has 0 amide bonds. The molecule has 2 nitrogen and oxygen atoms in total. The number of benzene rings is 1. The van der Waals surface area contributed by atoms with Gasteiger partial charge in [-0.1, -0.05) is 12.1 Å². The lowest BCUT2D eigenvalue weighted by Gasteiger charge is -2.25. The molecule has 0 aromatic heterocycles. The predicted octanol–water partition coefficient (Wildman–Crippen LogP) is 1.48. The Bertz CT molecular complexity index is 294. The topological polar surface area (TPSA) is 38.0 Å². The molecule has 0 bridgehead atoms. The summed E-state index contributed by atoms with van der Waals surface area (Å²) < 4.78 is 0. The Morgan fingerprint density at radius 2 is 2.33 bits per heavy atom. The lowest BCUT2D eigenvalue weighted by molar-refractivity contribution is 0.542. The van der Waals surface area contributed by atoms with Gasteiger partial charge in [-0.3, -0.25) is 0 Å². The van der Waals surface area contributed by atoms with Gasteiger partial charge in [0.15, 0.2) is 0 Å². The van der Waals surface area contributed by atoms with Crippen LogP contribution in [-0.4, -0.2) is 6.54 Å². The molecule has 3 N–H and O–H groups in total. The number of hydrogen-bond donors (Lipinski definition) is 2. The monoisotopic (exact) mass is 162 g/mol. The van der Waals surface area contributed by atoms with Gasteiger partial charge in [-0.05, 0) is 37.1 Å². The van der Waals surface area contributed by atoms with E-state index in [-0.39, 0.29) is 0 Å². The molecule has 12 heavy (non-hydrogen) atoms. The van der Waals surface area contributed by atoms with Gasteiger partial charge in [0, 0.05) is 11.7 Å². The quantitative estimate of drug-likeness (QED) is 0.567. The fourth-order valence-corrected chi connectivity index (χ4v) is 1.90. The Kier molecular flexibility index (Phi) is 1.77. The van der Waals surface area contributed by atoms with E-state index in [2.05, 4.69) is 18.3 Å². The van der Waals surface area contributed by atoms with Crippen molar-refractivity contribution < 1.29 is 0 Å². The van der Waals surface area contributed by atoms with Crippen LogP contribution in [-0.2, 0) is 6.42 Å². The molecule has 0 radical (unpaired) electrons. The van der Waals surface area contributed by atoms with Crippen LogP contribution in [0.15, 0.2) is 18.2 Å². The van der Waals surface area contributed by atoms with Gasteiger partial charge >= 0.3 is 0 Å². The van der Waals surface area contributed by atoms with Gasteiger partial charge in [0.1, 0.15) is 0 Å². The van der Waals surface area contributed by atoms with Crippen LogP contribution in [0.2, 0.25) is 0 Å². The summed E-state index contributed by atoms with van der Waals surface area (Å²) in [7, 11) is 0. The summed E-state index contributed by atoms with van der Waals surface area (Å²) in [5.41, 5.74) is 9.51. The second-order valence-corrected chi connectivity index (χ2v) is 3.35. The summed E-state index contributed by atoms with van der Waals surface area (Å²) in [6.45, 7) is 3.23. The fourth-order valence-electron chi connectivity index (χ4n) is 1.90. The zero-order chi connectivity index (χ0) is 8.55. The Morgan fingerprint density at radius 3 is 3.08 bits per heavy atom. The number of nitrogens with two attached hydrogens (primary N) is 1. The molecule has 1 atom stereocenters. The van der Waals surface area contributed by atoms with Crippen LogP contribution in [0.4, 0.5) is 5.69 Å². The molecule has 1 aromatic rings. The molecule has 1 aromatic carbocycles. The van der Waals surface area contributed by atoms with Crippen molar-refractivity contribution in [1.82, 2.24) is 5.32 Å². The van der Waals surface area contributed by atoms with E-state index in [0.717, 1.165) is 18.7 Å². The Labute approximate surface area is 72.8 Å². The number of hydrogen-bond acceptors (Lipinski definition) is 2. The molecule has 1 unspecified atom stereocenters. The molecule has 2 rings (SSSR count). The van der Waals surface area contributed by atoms with Gasteiger partial charge in [-0.25, -0.2) is 0 Å². The molecule has 0 spiro atoms. The molecule has 2 heteroatoms. The average Bonchev–Trinajstić information content (AvgIpc) is 2.04. The highest BCUT2D eigenvalue weighted by Crippen LogP contribution is 2.27. The van der Waals surface area contributed by atoms with E-state index in [1.807, 2.05) is 12.1 Å². The van der Waals surface area contributed by atoms with Gasteiger partial charge < -0.3 is 11.1 Å². The van der Waals surface area contributed by atoms with E-state index in [0.29, 0.717) is 6.04 Å². The van der Waals surface area contributed by atoms with Crippen molar-refractivity contribution in [2.75, 3.05) is 12.3 Å². The second-order valence-electron chi connectivity index (χ2n) is 3.35. The third kappa shape index (κ3) is 1.08. The Balaban J connectivity index is 2.53. The van der Waals surface area contributed by atoms with E-state index < -0.39 is 0 Å². The number of fused-ring (bicyclic) bond motifs is 1. The van der Waals surface area contributed by atoms with Gasteiger partial charge in [-0.2, -0.15) is 0 Å². The van der Waals surface area contributed by atoms with E-state index in [9.17, 15) is 0 Å². The molecule has 1 aliphatic heterocycles. The molecule has 1 aliphatic rings. The molecule has 0 aliphatic carbocycles. The SMILES string of the molecule is CC1NCCc2cccc(N)c21. The van der Waals surface area contributed by atoms with Crippen LogP contribution in [0.1, 0.15) is 24.1 Å². The summed E-state index contributed by atoms with van der Waals surface area (Å²) in [5, 5.41) is 3.40. The van der Waals surface area contributed by atoms with E-state index >= 15 is 0 Å². The second kappa shape index (κ2) is 2.79. The van der Waals surface area contributed by atoms with Gasteiger partial charge in [0.25, 0.3) is 0 Å². The van der Waals surface area contributed by atoms with Crippen molar-refractivity contribution in [3.8, 4) is 0 Å². The zero-order valence-corrected chi connectivity index (χ0v) is 7.30. The molecular weight excluding hydrogens is 148 g/mol. The maximum Gasteiger partial charge on any atom is 0.0365 e. The summed E-state index contributed by atoms with van der Waals surface area (Å²) in [6, 6.07) is 6.59. The third-order valence-corrected chi connectivity index (χ3v) is 2.51. The van der Waals surface area contributed by atoms with Gasteiger partial charge in [-0.15, -0.1) is 0 Å². The fraction of sp³-hybridized carbons (Fsp3) is 0.400. The number of rotatable bonds is 0. The molecule has 64 valence electrons. The van der Waals surface area contributed by atoms with Crippen LogP contribution in [0, 0.1) is 0 Å². The highest BCUT2D eigenvalue weighted by molar-refractivity contribution is 5.53. The van der Waals surface area contributed by atoms with E-state index in [1.54, 1.807) is 0 Å². The van der Waals surface area contributed by atoms with Crippen molar-refractivity contribution >= 4 is 5.69 Å². The number of nitrogen functional groups attached to an aromatic ring is 1. The summed E-state index contributed by atoms with van der Waals surface area (Å²) >= 11 is 0. The average molecular weight is 162 g/mol. The molecule has 1 heterocycles.